The van der Waals surface area contributed by atoms with Crippen LogP contribution in [0.2, 0.25) is 5.28 Å². The van der Waals surface area contributed by atoms with Gasteiger partial charge in [-0.1, -0.05) is 0 Å². The number of aromatic nitrogens is 3. The molecule has 0 radical (unpaired) electrons. The van der Waals surface area contributed by atoms with Crippen LogP contribution in [0.15, 0.2) is 0 Å². The van der Waals surface area contributed by atoms with Gasteiger partial charge < -0.3 is 15.0 Å². The third kappa shape index (κ3) is 4.18. The number of hydrogen-bond acceptors (Lipinski definition) is 6. The SMILES string of the molecule is COC(C)CNc1nc(Cl)nc(N2CCCCC2)n1. The van der Waals surface area contributed by atoms with Crippen molar-refractivity contribution in [2.24, 2.45) is 0 Å². The van der Waals surface area contributed by atoms with Gasteiger partial charge in [-0.05, 0) is 37.8 Å². The molecule has 6 nitrogen and oxygen atoms in total. The van der Waals surface area contributed by atoms with E-state index in [-0.39, 0.29) is 11.4 Å². The average molecular weight is 286 g/mol. The Bertz CT molecular complexity index is 411. The van der Waals surface area contributed by atoms with Crippen LogP contribution in [-0.2, 0) is 4.74 Å². The third-order valence-electron chi connectivity index (χ3n) is 3.19. The zero-order valence-corrected chi connectivity index (χ0v) is 12.2. The molecular formula is C12H20ClN5O. The normalized spacial score (nSPS) is 17.3. The molecule has 1 N–H and O–H groups in total. The first-order valence-electron chi connectivity index (χ1n) is 6.62. The van der Waals surface area contributed by atoms with E-state index in [2.05, 4.69) is 25.2 Å². The summed E-state index contributed by atoms with van der Waals surface area (Å²) in [5.41, 5.74) is 0. The number of hydrogen-bond donors (Lipinski definition) is 1. The molecule has 1 aromatic rings. The van der Waals surface area contributed by atoms with Crippen LogP contribution in [0.3, 0.4) is 0 Å². The highest BCUT2D eigenvalue weighted by Crippen LogP contribution is 2.18. The quantitative estimate of drug-likeness (QED) is 0.892. The molecule has 0 aliphatic carbocycles. The van der Waals surface area contributed by atoms with Gasteiger partial charge in [0.2, 0.25) is 17.2 Å². The van der Waals surface area contributed by atoms with E-state index in [0.717, 1.165) is 13.1 Å². The molecule has 2 rings (SSSR count). The summed E-state index contributed by atoms with van der Waals surface area (Å²) in [6.45, 7) is 4.57. The lowest BCUT2D eigenvalue weighted by atomic mass is 10.1. The lowest BCUT2D eigenvalue weighted by molar-refractivity contribution is 0.128. The summed E-state index contributed by atoms with van der Waals surface area (Å²) >= 11 is 5.96. The van der Waals surface area contributed by atoms with Crippen LogP contribution < -0.4 is 10.2 Å². The van der Waals surface area contributed by atoms with Crippen LogP contribution in [0.4, 0.5) is 11.9 Å². The summed E-state index contributed by atoms with van der Waals surface area (Å²) in [6.07, 6.45) is 3.71. The molecule has 2 heterocycles. The Kier molecular flexibility index (Phi) is 5.15. The van der Waals surface area contributed by atoms with E-state index in [1.54, 1.807) is 7.11 Å². The Labute approximate surface area is 118 Å². The topological polar surface area (TPSA) is 63.2 Å². The second-order valence-corrected chi connectivity index (χ2v) is 5.04. The molecule has 0 aromatic carbocycles. The summed E-state index contributed by atoms with van der Waals surface area (Å²) in [6, 6.07) is 0. The maximum absolute atomic E-state index is 5.96. The molecule has 0 bridgehead atoms. The van der Waals surface area contributed by atoms with Gasteiger partial charge in [-0.25, -0.2) is 0 Å². The Morgan fingerprint density at radius 1 is 1.26 bits per heavy atom. The lowest BCUT2D eigenvalue weighted by Gasteiger charge is -2.26. The van der Waals surface area contributed by atoms with E-state index in [4.69, 9.17) is 16.3 Å². The van der Waals surface area contributed by atoms with Crippen molar-refractivity contribution in [2.45, 2.75) is 32.3 Å². The lowest BCUT2D eigenvalue weighted by Crippen LogP contribution is -2.31. The van der Waals surface area contributed by atoms with Gasteiger partial charge in [-0.2, -0.15) is 15.0 Å². The van der Waals surface area contributed by atoms with Gasteiger partial charge in [0, 0.05) is 26.7 Å². The molecule has 1 saturated heterocycles. The average Bonchev–Trinajstić information content (AvgIpc) is 2.45. The number of halogens is 1. The molecule has 1 atom stereocenters. The number of anilines is 2. The summed E-state index contributed by atoms with van der Waals surface area (Å²) in [5.74, 6) is 1.16. The molecule has 0 saturated carbocycles. The Morgan fingerprint density at radius 2 is 2.00 bits per heavy atom. The first-order valence-corrected chi connectivity index (χ1v) is 7.00. The Balaban J connectivity index is 2.05. The van der Waals surface area contributed by atoms with Crippen LogP contribution >= 0.6 is 11.6 Å². The summed E-state index contributed by atoms with van der Waals surface area (Å²) in [7, 11) is 1.67. The second-order valence-electron chi connectivity index (χ2n) is 4.70. The van der Waals surface area contributed by atoms with Crippen molar-refractivity contribution >= 4 is 23.5 Å². The van der Waals surface area contributed by atoms with Crippen LogP contribution in [0.1, 0.15) is 26.2 Å². The van der Waals surface area contributed by atoms with Crippen molar-refractivity contribution in [2.75, 3.05) is 37.0 Å². The largest absolute Gasteiger partial charge is 0.380 e. The fourth-order valence-electron chi connectivity index (χ4n) is 1.97. The highest BCUT2D eigenvalue weighted by atomic mass is 35.5. The molecule has 0 spiro atoms. The van der Waals surface area contributed by atoms with Crippen LogP contribution in [0.25, 0.3) is 0 Å². The fraction of sp³-hybridized carbons (Fsp3) is 0.750. The van der Waals surface area contributed by atoms with E-state index >= 15 is 0 Å². The molecule has 1 aliphatic rings. The Morgan fingerprint density at radius 3 is 2.68 bits per heavy atom. The maximum Gasteiger partial charge on any atom is 0.231 e. The third-order valence-corrected chi connectivity index (χ3v) is 3.35. The molecule has 1 aliphatic heterocycles. The van der Waals surface area contributed by atoms with Crippen LogP contribution in [0.5, 0.6) is 0 Å². The number of nitrogens with one attached hydrogen (secondary N) is 1. The van der Waals surface area contributed by atoms with Crippen molar-refractivity contribution in [1.29, 1.82) is 0 Å². The molecule has 1 fully saturated rings. The van der Waals surface area contributed by atoms with Gasteiger partial charge in [-0.3, -0.25) is 0 Å². The molecule has 0 amide bonds. The highest BCUT2D eigenvalue weighted by Gasteiger charge is 2.15. The summed E-state index contributed by atoms with van der Waals surface area (Å²) in [5, 5.41) is 3.34. The number of methoxy groups -OCH3 is 1. The smallest absolute Gasteiger partial charge is 0.231 e. The maximum atomic E-state index is 5.96. The van der Waals surface area contributed by atoms with E-state index < -0.39 is 0 Å². The number of rotatable bonds is 5. The van der Waals surface area contributed by atoms with E-state index in [1.165, 1.54) is 19.3 Å². The fourth-order valence-corrected chi connectivity index (χ4v) is 2.13. The minimum Gasteiger partial charge on any atom is -0.380 e. The van der Waals surface area contributed by atoms with E-state index in [0.29, 0.717) is 18.4 Å². The summed E-state index contributed by atoms with van der Waals surface area (Å²) < 4.78 is 5.17. The van der Waals surface area contributed by atoms with Gasteiger partial charge in [0.1, 0.15) is 0 Å². The first kappa shape index (κ1) is 14.3. The number of piperidine rings is 1. The van der Waals surface area contributed by atoms with Gasteiger partial charge in [-0.15, -0.1) is 0 Å². The van der Waals surface area contributed by atoms with Crippen LogP contribution in [0, 0.1) is 0 Å². The zero-order valence-electron chi connectivity index (χ0n) is 11.4. The van der Waals surface area contributed by atoms with Crippen molar-refractivity contribution in [3.63, 3.8) is 0 Å². The number of ether oxygens (including phenoxy) is 1. The van der Waals surface area contributed by atoms with Crippen molar-refractivity contribution in [3.8, 4) is 0 Å². The number of nitrogens with zero attached hydrogens (tertiary/aromatic N) is 4. The minimum absolute atomic E-state index is 0.0916. The highest BCUT2D eigenvalue weighted by molar-refractivity contribution is 6.28. The van der Waals surface area contributed by atoms with E-state index in [9.17, 15) is 0 Å². The first-order chi connectivity index (χ1) is 9.19. The Hall–Kier alpha value is -1.14. The van der Waals surface area contributed by atoms with Gasteiger partial charge in [0.25, 0.3) is 0 Å². The molecule has 106 valence electrons. The van der Waals surface area contributed by atoms with Crippen molar-refractivity contribution in [3.05, 3.63) is 5.28 Å². The van der Waals surface area contributed by atoms with Gasteiger partial charge in [0.05, 0.1) is 6.10 Å². The second kappa shape index (κ2) is 6.86. The van der Waals surface area contributed by atoms with E-state index in [1.807, 2.05) is 6.92 Å². The molecule has 7 heteroatoms. The van der Waals surface area contributed by atoms with Gasteiger partial charge in [0.15, 0.2) is 0 Å². The molecule has 1 aromatic heterocycles. The standard InChI is InChI=1S/C12H20ClN5O/c1-9(19-2)8-14-11-15-10(13)16-12(17-11)18-6-4-3-5-7-18/h9H,3-8H2,1-2H3,(H,14,15,16,17). The van der Waals surface area contributed by atoms with Crippen molar-refractivity contribution in [1.82, 2.24) is 15.0 Å². The van der Waals surface area contributed by atoms with Gasteiger partial charge >= 0.3 is 0 Å². The molecular weight excluding hydrogens is 266 g/mol. The predicted molar refractivity (Wildman–Crippen MR) is 75.9 cm³/mol. The monoisotopic (exact) mass is 285 g/mol. The zero-order chi connectivity index (χ0) is 13.7. The predicted octanol–water partition coefficient (Wildman–Crippen LogP) is 1.96. The summed E-state index contributed by atoms with van der Waals surface area (Å²) in [4.78, 5) is 14.9. The molecule has 1 unspecified atom stereocenters. The van der Waals surface area contributed by atoms with Crippen LogP contribution in [-0.4, -0.2) is 47.8 Å². The minimum atomic E-state index is 0.0916. The molecule has 19 heavy (non-hydrogen) atoms. The van der Waals surface area contributed by atoms with Crippen molar-refractivity contribution < 1.29 is 4.74 Å².